The first kappa shape index (κ1) is 9.41. The van der Waals surface area contributed by atoms with Crippen LogP contribution in [0.15, 0.2) is 37.2 Å². The number of carbonyl (C=O) groups is 1. The minimum atomic E-state index is -1.01. The molecule has 1 amide bonds. The van der Waals surface area contributed by atoms with Crippen LogP contribution in [0.2, 0.25) is 0 Å². The van der Waals surface area contributed by atoms with E-state index in [-0.39, 0.29) is 0 Å². The Bertz CT molecular complexity index is 298. The van der Waals surface area contributed by atoms with Crippen LogP contribution in [0.4, 0.5) is 0 Å². The molecule has 0 aliphatic rings. The summed E-state index contributed by atoms with van der Waals surface area (Å²) in [4.78, 5) is 14.6. The quantitative estimate of drug-likeness (QED) is 0.519. The molecule has 0 radical (unpaired) electrons. The highest BCUT2D eigenvalue weighted by Crippen LogP contribution is 2.06. The van der Waals surface area contributed by atoms with Crippen molar-refractivity contribution >= 4 is 5.91 Å². The maximum atomic E-state index is 10.8. The minimum absolute atomic E-state index is 0.413. The molecule has 1 aromatic heterocycles. The Morgan fingerprint density at radius 1 is 1.62 bits per heavy atom. The molecule has 4 nitrogen and oxygen atoms in total. The second-order valence-electron chi connectivity index (χ2n) is 2.40. The van der Waals surface area contributed by atoms with Gasteiger partial charge in [0.2, 0.25) is 5.91 Å². The van der Waals surface area contributed by atoms with E-state index in [0.717, 1.165) is 6.08 Å². The number of aliphatic hydroxyl groups is 1. The molecule has 0 saturated carbocycles. The summed E-state index contributed by atoms with van der Waals surface area (Å²) in [5.41, 5.74) is 0.588. The molecular formula is C9H10N2O2. The Labute approximate surface area is 75.9 Å². The van der Waals surface area contributed by atoms with Crippen LogP contribution in [0.25, 0.3) is 0 Å². The van der Waals surface area contributed by atoms with Gasteiger partial charge in [-0.15, -0.1) is 0 Å². The average Bonchev–Trinajstić information content (AvgIpc) is 2.19. The van der Waals surface area contributed by atoms with Crippen LogP contribution in [0, 0.1) is 0 Å². The molecular weight excluding hydrogens is 168 g/mol. The largest absolute Gasteiger partial charge is 0.369 e. The number of hydrogen-bond acceptors (Lipinski definition) is 3. The molecule has 0 spiro atoms. The first-order valence-corrected chi connectivity index (χ1v) is 3.75. The lowest BCUT2D eigenvalue weighted by atomic mass is 10.2. The topological polar surface area (TPSA) is 62.2 Å². The van der Waals surface area contributed by atoms with Crippen LogP contribution in [0.3, 0.4) is 0 Å². The Morgan fingerprint density at radius 2 is 2.23 bits per heavy atom. The Balaban J connectivity index is 2.63. The van der Waals surface area contributed by atoms with Crippen LogP contribution in [0.5, 0.6) is 0 Å². The Morgan fingerprint density at radius 3 is 2.77 bits per heavy atom. The van der Waals surface area contributed by atoms with Crippen LogP contribution in [-0.2, 0) is 4.79 Å². The summed E-state index contributed by atoms with van der Waals surface area (Å²) in [6, 6.07) is 3.24. The van der Waals surface area contributed by atoms with E-state index in [1.165, 1.54) is 0 Å². The van der Waals surface area contributed by atoms with Crippen molar-refractivity contribution in [3.8, 4) is 0 Å². The summed E-state index contributed by atoms with van der Waals surface area (Å²) < 4.78 is 0. The van der Waals surface area contributed by atoms with E-state index >= 15 is 0 Å². The zero-order chi connectivity index (χ0) is 9.68. The van der Waals surface area contributed by atoms with E-state index < -0.39 is 12.1 Å². The minimum Gasteiger partial charge on any atom is -0.369 e. The third kappa shape index (κ3) is 2.68. The van der Waals surface area contributed by atoms with Gasteiger partial charge < -0.3 is 10.4 Å². The number of hydrogen-bond donors (Lipinski definition) is 2. The number of aliphatic hydroxyl groups excluding tert-OH is 1. The van der Waals surface area contributed by atoms with Crippen molar-refractivity contribution in [1.82, 2.24) is 10.3 Å². The summed E-state index contributed by atoms with van der Waals surface area (Å²) in [6.07, 6.45) is 3.18. The standard InChI is InChI=1S/C9H10N2O2/c1-2-8(12)11-9(13)7-3-5-10-6-4-7/h2-6,9,13H,1H2,(H,11,12). The van der Waals surface area contributed by atoms with Crippen LogP contribution in [0.1, 0.15) is 11.8 Å². The molecule has 0 bridgehead atoms. The molecule has 1 unspecified atom stereocenters. The highest BCUT2D eigenvalue weighted by molar-refractivity contribution is 5.87. The van der Waals surface area contributed by atoms with Gasteiger partial charge in [-0.25, -0.2) is 0 Å². The first-order valence-electron chi connectivity index (χ1n) is 3.75. The zero-order valence-corrected chi connectivity index (χ0v) is 6.97. The lowest BCUT2D eigenvalue weighted by Gasteiger charge is -2.10. The SMILES string of the molecule is C=CC(=O)NC(O)c1ccncc1. The number of aromatic nitrogens is 1. The van der Waals surface area contributed by atoms with Gasteiger partial charge in [-0.3, -0.25) is 9.78 Å². The van der Waals surface area contributed by atoms with E-state index in [9.17, 15) is 9.90 Å². The maximum Gasteiger partial charge on any atom is 0.245 e. The summed E-state index contributed by atoms with van der Waals surface area (Å²) in [7, 11) is 0. The normalized spacial score (nSPS) is 11.8. The van der Waals surface area contributed by atoms with Crippen molar-refractivity contribution in [1.29, 1.82) is 0 Å². The van der Waals surface area contributed by atoms with Crippen molar-refractivity contribution < 1.29 is 9.90 Å². The Hall–Kier alpha value is -1.68. The molecule has 0 fully saturated rings. The van der Waals surface area contributed by atoms with Crippen LogP contribution < -0.4 is 5.32 Å². The molecule has 1 atom stereocenters. The number of nitrogens with zero attached hydrogens (tertiary/aromatic N) is 1. The van der Waals surface area contributed by atoms with E-state index in [4.69, 9.17) is 0 Å². The molecule has 68 valence electrons. The van der Waals surface area contributed by atoms with Gasteiger partial charge in [0.05, 0.1) is 0 Å². The van der Waals surface area contributed by atoms with E-state index in [2.05, 4.69) is 16.9 Å². The molecule has 4 heteroatoms. The molecule has 0 aliphatic carbocycles. The lowest BCUT2D eigenvalue weighted by molar-refractivity contribution is -0.119. The van der Waals surface area contributed by atoms with E-state index in [0.29, 0.717) is 5.56 Å². The third-order valence-electron chi connectivity index (χ3n) is 1.49. The first-order chi connectivity index (χ1) is 6.24. The van der Waals surface area contributed by atoms with Crippen LogP contribution >= 0.6 is 0 Å². The number of carbonyl (C=O) groups excluding carboxylic acids is 1. The summed E-state index contributed by atoms with van der Waals surface area (Å²) in [6.45, 7) is 3.27. The second kappa shape index (κ2) is 4.37. The van der Waals surface area contributed by atoms with Crippen molar-refractivity contribution in [2.45, 2.75) is 6.23 Å². The molecule has 13 heavy (non-hydrogen) atoms. The second-order valence-corrected chi connectivity index (χ2v) is 2.40. The summed E-state index contributed by atoms with van der Waals surface area (Å²) in [5.74, 6) is -0.413. The van der Waals surface area contributed by atoms with Gasteiger partial charge >= 0.3 is 0 Å². The maximum absolute atomic E-state index is 10.8. The monoisotopic (exact) mass is 178 g/mol. The molecule has 1 rings (SSSR count). The summed E-state index contributed by atoms with van der Waals surface area (Å²) >= 11 is 0. The molecule has 0 aromatic carbocycles. The molecule has 0 saturated heterocycles. The molecule has 2 N–H and O–H groups in total. The van der Waals surface area contributed by atoms with E-state index in [1.807, 2.05) is 0 Å². The van der Waals surface area contributed by atoms with Crippen molar-refractivity contribution in [3.63, 3.8) is 0 Å². The smallest absolute Gasteiger partial charge is 0.245 e. The molecule has 1 aromatic rings. The van der Waals surface area contributed by atoms with Gasteiger partial charge in [0.15, 0.2) is 6.23 Å². The van der Waals surface area contributed by atoms with E-state index in [1.54, 1.807) is 24.5 Å². The van der Waals surface area contributed by atoms with Gasteiger partial charge in [0.1, 0.15) is 0 Å². The average molecular weight is 178 g/mol. The fraction of sp³-hybridized carbons (Fsp3) is 0.111. The highest BCUT2D eigenvalue weighted by atomic mass is 16.3. The van der Waals surface area contributed by atoms with Crippen molar-refractivity contribution in [3.05, 3.63) is 42.7 Å². The van der Waals surface area contributed by atoms with Gasteiger partial charge in [0, 0.05) is 18.0 Å². The lowest BCUT2D eigenvalue weighted by Crippen LogP contribution is -2.26. The Kier molecular flexibility index (Phi) is 3.16. The predicted molar refractivity (Wildman–Crippen MR) is 47.5 cm³/mol. The number of amides is 1. The van der Waals surface area contributed by atoms with Gasteiger partial charge in [0.25, 0.3) is 0 Å². The van der Waals surface area contributed by atoms with Crippen LogP contribution in [-0.4, -0.2) is 16.0 Å². The zero-order valence-electron chi connectivity index (χ0n) is 6.97. The fourth-order valence-corrected chi connectivity index (χ4v) is 0.823. The van der Waals surface area contributed by atoms with Gasteiger partial charge in [-0.1, -0.05) is 6.58 Å². The van der Waals surface area contributed by atoms with Gasteiger partial charge in [-0.05, 0) is 18.2 Å². The van der Waals surface area contributed by atoms with Crippen molar-refractivity contribution in [2.75, 3.05) is 0 Å². The fourth-order valence-electron chi connectivity index (χ4n) is 0.823. The molecule has 0 aliphatic heterocycles. The summed E-state index contributed by atoms with van der Waals surface area (Å²) in [5, 5.41) is 11.7. The molecule has 1 heterocycles. The van der Waals surface area contributed by atoms with Gasteiger partial charge in [-0.2, -0.15) is 0 Å². The third-order valence-corrected chi connectivity index (χ3v) is 1.49. The number of pyridine rings is 1. The predicted octanol–water partition coefficient (Wildman–Crippen LogP) is 0.375. The van der Waals surface area contributed by atoms with Crippen molar-refractivity contribution in [2.24, 2.45) is 0 Å². The number of rotatable bonds is 3. The number of nitrogens with one attached hydrogen (secondary N) is 1. The highest BCUT2D eigenvalue weighted by Gasteiger charge is 2.07.